The first-order valence-electron chi connectivity index (χ1n) is 10.3. The van der Waals surface area contributed by atoms with Crippen LogP contribution >= 0.6 is 0 Å². The third-order valence-electron chi connectivity index (χ3n) is 5.48. The summed E-state index contributed by atoms with van der Waals surface area (Å²) in [7, 11) is 0. The van der Waals surface area contributed by atoms with Gasteiger partial charge < -0.3 is 0 Å². The fourth-order valence-electron chi connectivity index (χ4n) is 4.04. The van der Waals surface area contributed by atoms with E-state index in [0.717, 1.165) is 19.4 Å². The SMILES string of the molecule is CCCCN=CCc1ccccc1C1C(c2ccccc2)=Cc2ccccc21. The van der Waals surface area contributed by atoms with Gasteiger partial charge in [-0.25, -0.2) is 0 Å². The molecule has 0 saturated carbocycles. The van der Waals surface area contributed by atoms with Gasteiger partial charge in [-0.2, -0.15) is 0 Å². The second kappa shape index (κ2) is 8.84. The Kier molecular flexibility index (Phi) is 5.82. The molecule has 28 heavy (non-hydrogen) atoms. The number of aliphatic imine (C=N–C) groups is 1. The topological polar surface area (TPSA) is 12.4 Å². The normalized spacial score (nSPS) is 15.6. The predicted molar refractivity (Wildman–Crippen MR) is 121 cm³/mol. The Hall–Kier alpha value is -2.93. The summed E-state index contributed by atoms with van der Waals surface area (Å²) in [5.41, 5.74) is 8.18. The Balaban J connectivity index is 1.72. The second-order valence-corrected chi connectivity index (χ2v) is 7.37. The molecule has 3 aromatic carbocycles. The zero-order valence-corrected chi connectivity index (χ0v) is 16.5. The zero-order valence-electron chi connectivity index (χ0n) is 16.5. The Labute approximate surface area is 168 Å². The van der Waals surface area contributed by atoms with Gasteiger partial charge in [0.2, 0.25) is 0 Å². The summed E-state index contributed by atoms with van der Waals surface area (Å²) >= 11 is 0. The molecule has 1 atom stereocenters. The first kappa shape index (κ1) is 18.4. The van der Waals surface area contributed by atoms with Crippen molar-refractivity contribution < 1.29 is 0 Å². The first-order chi connectivity index (χ1) is 13.9. The molecule has 0 radical (unpaired) electrons. The highest BCUT2D eigenvalue weighted by Gasteiger charge is 2.28. The highest BCUT2D eigenvalue weighted by atomic mass is 14.7. The molecule has 1 unspecified atom stereocenters. The predicted octanol–water partition coefficient (Wildman–Crippen LogP) is 6.79. The lowest BCUT2D eigenvalue weighted by Gasteiger charge is -2.21. The van der Waals surface area contributed by atoms with Gasteiger partial charge in [0, 0.05) is 25.1 Å². The van der Waals surface area contributed by atoms with Crippen LogP contribution in [0.5, 0.6) is 0 Å². The average molecular weight is 366 g/mol. The van der Waals surface area contributed by atoms with Crippen LogP contribution in [0.1, 0.15) is 53.5 Å². The first-order valence-corrected chi connectivity index (χ1v) is 10.3. The molecular weight excluding hydrogens is 338 g/mol. The van der Waals surface area contributed by atoms with Crippen molar-refractivity contribution in [3.8, 4) is 0 Å². The molecule has 1 nitrogen and oxygen atoms in total. The fourth-order valence-corrected chi connectivity index (χ4v) is 4.04. The third kappa shape index (κ3) is 3.84. The van der Waals surface area contributed by atoms with Gasteiger partial charge in [0.05, 0.1) is 0 Å². The minimum absolute atomic E-state index is 0.277. The van der Waals surface area contributed by atoms with Crippen LogP contribution in [0.4, 0.5) is 0 Å². The second-order valence-electron chi connectivity index (χ2n) is 7.37. The highest BCUT2D eigenvalue weighted by molar-refractivity contribution is 5.93. The van der Waals surface area contributed by atoms with E-state index in [4.69, 9.17) is 0 Å². The summed E-state index contributed by atoms with van der Waals surface area (Å²) in [5, 5.41) is 0. The van der Waals surface area contributed by atoms with Crippen molar-refractivity contribution in [3.63, 3.8) is 0 Å². The molecule has 0 spiro atoms. The molecule has 1 aliphatic carbocycles. The minimum Gasteiger partial charge on any atom is -0.297 e. The number of fused-ring (bicyclic) bond motifs is 1. The van der Waals surface area contributed by atoms with Gasteiger partial charge in [-0.3, -0.25) is 4.99 Å². The smallest absolute Gasteiger partial charge is 0.0385 e. The number of hydrogen-bond acceptors (Lipinski definition) is 1. The fraction of sp³-hybridized carbons (Fsp3) is 0.222. The molecule has 0 bridgehead atoms. The summed E-state index contributed by atoms with van der Waals surface area (Å²) in [6.45, 7) is 3.14. The van der Waals surface area contributed by atoms with E-state index in [0.29, 0.717) is 0 Å². The van der Waals surface area contributed by atoms with Crippen LogP contribution in [0.2, 0.25) is 0 Å². The summed E-state index contributed by atoms with van der Waals surface area (Å²) in [6, 6.07) is 28.4. The highest BCUT2D eigenvalue weighted by Crippen LogP contribution is 2.46. The molecule has 0 amide bonds. The van der Waals surface area contributed by atoms with Gasteiger partial charge in [0.15, 0.2) is 0 Å². The van der Waals surface area contributed by atoms with Crippen molar-refractivity contribution in [3.05, 3.63) is 107 Å². The van der Waals surface area contributed by atoms with Crippen LogP contribution in [0.3, 0.4) is 0 Å². The van der Waals surface area contributed by atoms with Crippen LogP contribution in [0.15, 0.2) is 83.9 Å². The van der Waals surface area contributed by atoms with Crippen molar-refractivity contribution in [2.24, 2.45) is 4.99 Å². The van der Waals surface area contributed by atoms with Gasteiger partial charge in [-0.05, 0) is 45.9 Å². The number of nitrogens with zero attached hydrogens (tertiary/aromatic N) is 1. The number of benzene rings is 3. The van der Waals surface area contributed by atoms with Crippen molar-refractivity contribution in [1.29, 1.82) is 0 Å². The summed E-state index contributed by atoms with van der Waals surface area (Å²) in [5.74, 6) is 0.277. The number of allylic oxidation sites excluding steroid dienone is 1. The van der Waals surface area contributed by atoms with E-state index in [1.807, 2.05) is 0 Å². The molecule has 4 rings (SSSR count). The average Bonchev–Trinajstić information content (AvgIpc) is 3.14. The number of unbranched alkanes of at least 4 members (excludes halogenated alkanes) is 1. The van der Waals surface area contributed by atoms with E-state index in [1.54, 1.807) is 0 Å². The van der Waals surface area contributed by atoms with Crippen molar-refractivity contribution in [2.45, 2.75) is 32.1 Å². The molecule has 0 aromatic heterocycles. The lowest BCUT2D eigenvalue weighted by molar-refractivity contribution is 0.809. The van der Waals surface area contributed by atoms with Gasteiger partial charge in [0.25, 0.3) is 0 Å². The molecule has 0 N–H and O–H groups in total. The van der Waals surface area contributed by atoms with Crippen LogP contribution in [0.25, 0.3) is 11.6 Å². The molecule has 0 fully saturated rings. The van der Waals surface area contributed by atoms with E-state index in [9.17, 15) is 0 Å². The summed E-state index contributed by atoms with van der Waals surface area (Å²) < 4.78 is 0. The van der Waals surface area contributed by atoms with Gasteiger partial charge >= 0.3 is 0 Å². The van der Waals surface area contributed by atoms with Crippen molar-refractivity contribution >= 4 is 17.9 Å². The number of rotatable bonds is 7. The zero-order chi connectivity index (χ0) is 19.2. The molecule has 140 valence electrons. The van der Waals surface area contributed by atoms with Crippen LogP contribution in [0, 0.1) is 0 Å². The standard InChI is InChI=1S/C27H27N/c1-2-3-18-28-19-17-22-13-7-9-15-24(22)27-25-16-10-8-14-23(25)20-26(27)21-11-5-4-6-12-21/h4-16,19-20,27H,2-3,17-18H2,1H3. The summed E-state index contributed by atoms with van der Waals surface area (Å²) in [4.78, 5) is 4.61. The van der Waals surface area contributed by atoms with E-state index < -0.39 is 0 Å². The molecule has 0 heterocycles. The van der Waals surface area contributed by atoms with E-state index in [2.05, 4.69) is 103 Å². The Bertz CT molecular complexity index is 982. The van der Waals surface area contributed by atoms with Crippen molar-refractivity contribution in [1.82, 2.24) is 0 Å². The molecule has 0 saturated heterocycles. The Morgan fingerprint density at radius 3 is 2.36 bits per heavy atom. The molecule has 1 heteroatoms. The lowest BCUT2D eigenvalue weighted by Crippen LogP contribution is -2.05. The number of hydrogen-bond donors (Lipinski definition) is 0. The lowest BCUT2D eigenvalue weighted by atomic mass is 9.82. The maximum atomic E-state index is 4.61. The Morgan fingerprint density at radius 2 is 1.54 bits per heavy atom. The molecular formula is C27H27N. The van der Waals surface area contributed by atoms with Gasteiger partial charge in [0.1, 0.15) is 0 Å². The maximum absolute atomic E-state index is 4.61. The van der Waals surface area contributed by atoms with E-state index in [1.165, 1.54) is 39.8 Å². The Morgan fingerprint density at radius 1 is 0.821 bits per heavy atom. The summed E-state index contributed by atoms with van der Waals surface area (Å²) in [6.07, 6.45) is 7.70. The van der Waals surface area contributed by atoms with Crippen LogP contribution < -0.4 is 0 Å². The molecule has 1 aliphatic rings. The van der Waals surface area contributed by atoms with Crippen molar-refractivity contribution in [2.75, 3.05) is 6.54 Å². The van der Waals surface area contributed by atoms with Gasteiger partial charge in [-0.15, -0.1) is 0 Å². The van der Waals surface area contributed by atoms with Gasteiger partial charge in [-0.1, -0.05) is 92.2 Å². The van der Waals surface area contributed by atoms with Crippen LogP contribution in [-0.4, -0.2) is 12.8 Å². The monoisotopic (exact) mass is 365 g/mol. The molecule has 3 aromatic rings. The minimum atomic E-state index is 0.277. The maximum Gasteiger partial charge on any atom is 0.0385 e. The quantitative estimate of drug-likeness (QED) is 0.323. The largest absolute Gasteiger partial charge is 0.297 e. The van der Waals surface area contributed by atoms with E-state index in [-0.39, 0.29) is 5.92 Å². The van der Waals surface area contributed by atoms with E-state index >= 15 is 0 Å². The van der Waals surface area contributed by atoms with Crippen LogP contribution in [-0.2, 0) is 6.42 Å². The molecule has 0 aliphatic heterocycles. The third-order valence-corrected chi connectivity index (χ3v) is 5.48.